The lowest BCUT2D eigenvalue weighted by Gasteiger charge is -2.47. The molecule has 0 aromatic heterocycles. The van der Waals surface area contributed by atoms with Crippen molar-refractivity contribution in [1.29, 1.82) is 0 Å². The van der Waals surface area contributed by atoms with Gasteiger partial charge in [-0.15, -0.1) is 0 Å². The van der Waals surface area contributed by atoms with E-state index in [0.717, 1.165) is 50.5 Å². The molecule has 5 atom stereocenters. The van der Waals surface area contributed by atoms with E-state index in [1.165, 1.54) is 30.4 Å². The number of rotatable bonds is 6. The number of nitrogens with one attached hydrogen (secondary N) is 1. The summed E-state index contributed by atoms with van der Waals surface area (Å²) >= 11 is 0. The SMILES string of the molecule is COc1cc2c(cc1OC)[C@H]1C[C@@H](COC(=O)N3CC4CCC(C3)N4)[C@H](CC(C)C)CN1CC2. The lowest BCUT2D eigenvalue weighted by molar-refractivity contribution is 0.00377. The smallest absolute Gasteiger partial charge is 0.409 e. The summed E-state index contributed by atoms with van der Waals surface area (Å²) in [6.07, 6.45) is 5.42. The van der Waals surface area contributed by atoms with Crippen molar-refractivity contribution in [3.05, 3.63) is 23.3 Å². The maximum atomic E-state index is 13.0. The van der Waals surface area contributed by atoms with Crippen molar-refractivity contribution < 1.29 is 19.0 Å². The first-order valence-corrected chi connectivity index (χ1v) is 13.1. The average molecular weight is 472 g/mol. The highest BCUT2D eigenvalue weighted by Crippen LogP contribution is 2.45. The topological polar surface area (TPSA) is 63.3 Å². The fraction of sp³-hybridized carbons (Fsp3) is 0.741. The molecule has 1 aromatic rings. The molecular weight excluding hydrogens is 430 g/mol. The molecule has 4 heterocycles. The van der Waals surface area contributed by atoms with Crippen molar-refractivity contribution in [3.8, 4) is 11.5 Å². The average Bonchev–Trinajstić information content (AvgIpc) is 3.18. The van der Waals surface area contributed by atoms with Crippen LogP contribution >= 0.6 is 0 Å². The summed E-state index contributed by atoms with van der Waals surface area (Å²) in [5, 5.41) is 3.59. The van der Waals surface area contributed by atoms with Crippen LogP contribution in [0.5, 0.6) is 11.5 Å². The van der Waals surface area contributed by atoms with E-state index in [0.29, 0.717) is 42.5 Å². The number of benzene rings is 1. The maximum Gasteiger partial charge on any atom is 0.409 e. The largest absolute Gasteiger partial charge is 0.493 e. The predicted octanol–water partition coefficient (Wildman–Crippen LogP) is 3.86. The van der Waals surface area contributed by atoms with Gasteiger partial charge in [0.25, 0.3) is 0 Å². The van der Waals surface area contributed by atoms with Crippen molar-refractivity contribution in [2.24, 2.45) is 17.8 Å². The summed E-state index contributed by atoms with van der Waals surface area (Å²) in [5.41, 5.74) is 2.70. The molecule has 4 aliphatic rings. The summed E-state index contributed by atoms with van der Waals surface area (Å²) in [6.45, 7) is 8.81. The predicted molar refractivity (Wildman–Crippen MR) is 131 cm³/mol. The highest BCUT2D eigenvalue weighted by atomic mass is 16.6. The van der Waals surface area contributed by atoms with E-state index < -0.39 is 0 Å². The summed E-state index contributed by atoms with van der Waals surface area (Å²) in [6, 6.07) is 5.54. The standard InChI is InChI=1S/C27H41N3O4/c1-17(2)9-19-13-29-8-7-18-11-25(32-3)26(33-4)12-23(18)24(29)10-20(19)16-34-27(31)30-14-21-5-6-22(15-30)28-21/h11-12,17,19-22,24,28H,5-10,13-16H2,1-4H3/t19-,20+,21?,22?,24-/m1/s1. The molecule has 5 rings (SSSR count). The molecule has 3 fully saturated rings. The molecule has 7 heteroatoms. The van der Waals surface area contributed by atoms with Crippen LogP contribution in [0.4, 0.5) is 4.79 Å². The quantitative estimate of drug-likeness (QED) is 0.680. The van der Waals surface area contributed by atoms with Gasteiger partial charge in [0.2, 0.25) is 0 Å². The molecule has 3 saturated heterocycles. The van der Waals surface area contributed by atoms with Gasteiger partial charge in [-0.2, -0.15) is 0 Å². The van der Waals surface area contributed by atoms with Crippen molar-refractivity contribution in [2.45, 2.75) is 64.1 Å². The van der Waals surface area contributed by atoms with E-state index in [-0.39, 0.29) is 6.09 Å². The van der Waals surface area contributed by atoms with Gasteiger partial charge in [0.05, 0.1) is 20.8 Å². The van der Waals surface area contributed by atoms with Crippen LogP contribution < -0.4 is 14.8 Å². The number of hydrogen-bond donors (Lipinski definition) is 1. The second-order valence-corrected chi connectivity index (χ2v) is 11.2. The zero-order chi connectivity index (χ0) is 23.8. The van der Waals surface area contributed by atoms with Gasteiger partial charge in [-0.05, 0) is 73.1 Å². The summed E-state index contributed by atoms with van der Waals surface area (Å²) in [7, 11) is 3.40. The Labute approximate surface area is 204 Å². The highest BCUT2D eigenvalue weighted by molar-refractivity contribution is 5.68. The normalized spacial score (nSPS) is 30.6. The maximum absolute atomic E-state index is 13.0. The number of carbonyl (C=O) groups excluding carboxylic acids is 1. The van der Waals surface area contributed by atoms with Gasteiger partial charge < -0.3 is 24.4 Å². The number of piperidine rings is 1. The number of methoxy groups -OCH3 is 2. The van der Waals surface area contributed by atoms with Gasteiger partial charge in [-0.25, -0.2) is 4.79 Å². The Balaban J connectivity index is 1.31. The van der Waals surface area contributed by atoms with Crippen LogP contribution in [0.2, 0.25) is 0 Å². The van der Waals surface area contributed by atoms with E-state index in [2.05, 4.69) is 36.2 Å². The Morgan fingerprint density at radius 2 is 1.76 bits per heavy atom. The third-order valence-electron chi connectivity index (χ3n) is 8.44. The van der Waals surface area contributed by atoms with Gasteiger partial charge in [0, 0.05) is 44.3 Å². The highest BCUT2D eigenvalue weighted by Gasteiger charge is 2.41. The fourth-order valence-electron chi connectivity index (χ4n) is 6.80. The van der Waals surface area contributed by atoms with E-state index in [1.807, 2.05) is 4.90 Å². The molecule has 0 saturated carbocycles. The van der Waals surface area contributed by atoms with E-state index >= 15 is 0 Å². The summed E-state index contributed by atoms with van der Waals surface area (Å²) in [4.78, 5) is 17.5. The molecule has 188 valence electrons. The number of fused-ring (bicyclic) bond motifs is 5. The van der Waals surface area contributed by atoms with Crippen LogP contribution in [0.25, 0.3) is 0 Å². The van der Waals surface area contributed by atoms with Crippen LogP contribution in [0.1, 0.15) is 56.7 Å². The minimum absolute atomic E-state index is 0.125. The number of carbonyl (C=O) groups is 1. The first kappa shape index (κ1) is 23.7. The minimum atomic E-state index is -0.125. The number of ether oxygens (including phenoxy) is 3. The third kappa shape index (κ3) is 4.74. The Bertz CT molecular complexity index is 879. The molecule has 7 nitrogen and oxygen atoms in total. The Morgan fingerprint density at radius 1 is 1.06 bits per heavy atom. The van der Waals surface area contributed by atoms with Crippen molar-refractivity contribution in [2.75, 3.05) is 47.0 Å². The second kappa shape index (κ2) is 9.94. The third-order valence-corrected chi connectivity index (χ3v) is 8.44. The van der Waals surface area contributed by atoms with Crippen LogP contribution in [-0.4, -0.2) is 75.0 Å². The molecule has 0 spiro atoms. The molecule has 1 N–H and O–H groups in total. The van der Waals surface area contributed by atoms with E-state index in [9.17, 15) is 4.79 Å². The molecule has 2 bridgehead atoms. The second-order valence-electron chi connectivity index (χ2n) is 11.2. The molecular formula is C27H41N3O4. The first-order valence-electron chi connectivity index (χ1n) is 13.1. The van der Waals surface area contributed by atoms with Crippen molar-refractivity contribution in [3.63, 3.8) is 0 Å². The number of likely N-dealkylation sites (tertiary alicyclic amines) is 1. The van der Waals surface area contributed by atoms with Gasteiger partial charge in [0.1, 0.15) is 0 Å². The number of hydrogen-bond acceptors (Lipinski definition) is 6. The van der Waals surface area contributed by atoms with Crippen LogP contribution in [0, 0.1) is 17.8 Å². The van der Waals surface area contributed by atoms with Crippen LogP contribution in [-0.2, 0) is 11.2 Å². The Hall–Kier alpha value is -1.99. The zero-order valence-corrected chi connectivity index (χ0v) is 21.2. The van der Waals surface area contributed by atoms with Gasteiger partial charge in [-0.1, -0.05) is 13.8 Å². The summed E-state index contributed by atoms with van der Waals surface area (Å²) in [5.74, 6) is 3.14. The lowest BCUT2D eigenvalue weighted by atomic mass is 9.74. The Kier molecular flexibility index (Phi) is 6.94. The summed E-state index contributed by atoms with van der Waals surface area (Å²) < 4.78 is 17.2. The minimum Gasteiger partial charge on any atom is -0.493 e. The molecule has 0 aliphatic carbocycles. The number of piperazine rings is 1. The molecule has 34 heavy (non-hydrogen) atoms. The van der Waals surface area contributed by atoms with E-state index in [1.54, 1.807) is 14.2 Å². The number of nitrogens with zero attached hydrogens (tertiary/aromatic N) is 2. The van der Waals surface area contributed by atoms with Crippen molar-refractivity contribution >= 4 is 6.09 Å². The molecule has 0 radical (unpaired) electrons. The van der Waals surface area contributed by atoms with Crippen LogP contribution in [0.3, 0.4) is 0 Å². The van der Waals surface area contributed by atoms with Gasteiger partial charge in [-0.3, -0.25) is 4.90 Å². The van der Waals surface area contributed by atoms with Gasteiger partial charge >= 0.3 is 6.09 Å². The monoisotopic (exact) mass is 471 g/mol. The van der Waals surface area contributed by atoms with Crippen LogP contribution in [0.15, 0.2) is 12.1 Å². The lowest BCUT2D eigenvalue weighted by Crippen LogP contribution is -2.53. The van der Waals surface area contributed by atoms with Crippen molar-refractivity contribution in [1.82, 2.24) is 15.1 Å². The molecule has 1 amide bonds. The van der Waals surface area contributed by atoms with E-state index in [4.69, 9.17) is 14.2 Å². The number of amides is 1. The molecule has 2 unspecified atom stereocenters. The zero-order valence-electron chi connectivity index (χ0n) is 21.2. The van der Waals surface area contributed by atoms with Gasteiger partial charge in [0.15, 0.2) is 11.5 Å². The molecule has 4 aliphatic heterocycles. The molecule has 1 aromatic carbocycles. The first-order chi connectivity index (χ1) is 16.4. The Morgan fingerprint density at radius 3 is 2.44 bits per heavy atom. The fourth-order valence-corrected chi connectivity index (χ4v) is 6.80.